The molecule has 0 saturated carbocycles. The van der Waals surface area contributed by atoms with E-state index in [1.807, 2.05) is 47.4 Å². The van der Waals surface area contributed by atoms with Gasteiger partial charge >= 0.3 is 0 Å². The Morgan fingerprint density at radius 3 is 2.50 bits per heavy atom. The Bertz CT molecular complexity index is 1190. The van der Waals surface area contributed by atoms with Gasteiger partial charge in [0.05, 0.1) is 12.8 Å². The molecule has 1 unspecified atom stereocenters. The van der Waals surface area contributed by atoms with Gasteiger partial charge in [-0.15, -0.1) is 0 Å². The fraction of sp³-hybridized carbons (Fsp3) is 0.333. The van der Waals surface area contributed by atoms with Crippen molar-refractivity contribution in [2.45, 2.75) is 51.6 Å². The van der Waals surface area contributed by atoms with Crippen molar-refractivity contribution < 1.29 is 18.7 Å². The molecule has 0 aliphatic carbocycles. The molecule has 0 radical (unpaired) electrons. The van der Waals surface area contributed by atoms with E-state index < -0.39 is 0 Å². The Morgan fingerprint density at radius 2 is 1.85 bits per heavy atom. The number of ether oxygens (including phenoxy) is 1. The normalized spacial score (nSPS) is 18.8. The van der Waals surface area contributed by atoms with Crippen molar-refractivity contribution in [3.8, 4) is 5.75 Å². The molecule has 7 heteroatoms. The van der Waals surface area contributed by atoms with E-state index in [4.69, 9.17) is 14.9 Å². The quantitative estimate of drug-likeness (QED) is 0.531. The first-order valence-electron chi connectivity index (χ1n) is 11.3. The number of anilines is 2. The van der Waals surface area contributed by atoms with Gasteiger partial charge in [-0.1, -0.05) is 19.1 Å². The molecule has 2 amide bonds. The number of carbonyl (C=O) groups is 2. The first-order valence-corrected chi connectivity index (χ1v) is 11.3. The summed E-state index contributed by atoms with van der Waals surface area (Å²) in [5.74, 6) is 1.07. The van der Waals surface area contributed by atoms with Crippen molar-refractivity contribution in [1.82, 2.24) is 5.32 Å². The van der Waals surface area contributed by atoms with Crippen LogP contribution in [0.2, 0.25) is 0 Å². The SMILES string of the molecule is CC(=O)N1c2ccc(N)cc2C(C)(c2ccc(OCC(=O)NCc3ccco3)cc2)CC1(C)C. The van der Waals surface area contributed by atoms with E-state index in [-0.39, 0.29) is 29.4 Å². The third-order valence-corrected chi connectivity index (χ3v) is 6.46. The maximum absolute atomic E-state index is 12.5. The summed E-state index contributed by atoms with van der Waals surface area (Å²) in [6.45, 7) is 8.19. The lowest BCUT2D eigenvalue weighted by Crippen LogP contribution is -2.55. The summed E-state index contributed by atoms with van der Waals surface area (Å²) >= 11 is 0. The number of benzene rings is 2. The van der Waals surface area contributed by atoms with Crippen LogP contribution >= 0.6 is 0 Å². The van der Waals surface area contributed by atoms with E-state index in [1.165, 1.54) is 0 Å². The molecule has 0 saturated heterocycles. The number of nitrogens with zero attached hydrogens (tertiary/aromatic N) is 1. The van der Waals surface area contributed by atoms with Gasteiger partial charge < -0.3 is 25.1 Å². The van der Waals surface area contributed by atoms with Crippen LogP contribution in [0.1, 0.15) is 51.0 Å². The van der Waals surface area contributed by atoms with E-state index in [0.717, 1.165) is 23.2 Å². The minimum absolute atomic E-state index is 0.00661. The summed E-state index contributed by atoms with van der Waals surface area (Å²) in [4.78, 5) is 26.5. The summed E-state index contributed by atoms with van der Waals surface area (Å²) in [5, 5.41) is 2.76. The van der Waals surface area contributed by atoms with Crippen molar-refractivity contribution in [3.63, 3.8) is 0 Å². The highest BCUT2D eigenvalue weighted by Gasteiger charge is 2.47. The number of nitrogens with two attached hydrogens (primary N) is 1. The van der Waals surface area contributed by atoms with E-state index in [9.17, 15) is 9.59 Å². The summed E-state index contributed by atoms with van der Waals surface area (Å²) in [5.41, 5.74) is 9.06. The van der Waals surface area contributed by atoms with Crippen molar-refractivity contribution in [3.05, 3.63) is 77.7 Å². The predicted molar refractivity (Wildman–Crippen MR) is 132 cm³/mol. The van der Waals surface area contributed by atoms with Gasteiger partial charge in [-0.05, 0) is 73.9 Å². The molecule has 7 nitrogen and oxygen atoms in total. The van der Waals surface area contributed by atoms with Gasteiger partial charge in [0.2, 0.25) is 5.91 Å². The molecular formula is C27H31N3O4. The smallest absolute Gasteiger partial charge is 0.258 e. The summed E-state index contributed by atoms with van der Waals surface area (Å²) in [6, 6.07) is 17.1. The summed E-state index contributed by atoms with van der Waals surface area (Å²) < 4.78 is 10.9. The number of hydrogen-bond acceptors (Lipinski definition) is 5. The Kier molecular flexibility index (Phi) is 6.13. The van der Waals surface area contributed by atoms with Gasteiger partial charge in [0.15, 0.2) is 6.61 Å². The zero-order valence-electron chi connectivity index (χ0n) is 20.1. The highest BCUT2D eigenvalue weighted by Crippen LogP contribution is 2.51. The summed E-state index contributed by atoms with van der Waals surface area (Å²) in [7, 11) is 0. The predicted octanol–water partition coefficient (Wildman–Crippen LogP) is 4.40. The second-order valence-corrected chi connectivity index (χ2v) is 9.62. The highest BCUT2D eigenvalue weighted by molar-refractivity contribution is 5.95. The molecule has 0 fully saturated rings. The van der Waals surface area contributed by atoms with Gasteiger partial charge in [0, 0.05) is 29.3 Å². The van der Waals surface area contributed by atoms with Crippen LogP contribution in [0.4, 0.5) is 11.4 Å². The van der Waals surface area contributed by atoms with Gasteiger partial charge in [-0.2, -0.15) is 0 Å². The topological polar surface area (TPSA) is 97.8 Å². The standard InChI is InChI=1S/C27H31N3O4/c1-18(31)30-24-12-9-20(28)14-23(24)27(4,17-26(30,2)3)19-7-10-21(11-8-19)34-16-25(32)29-15-22-6-5-13-33-22/h5-14H,15-17,28H2,1-4H3,(H,29,32). The molecule has 1 aromatic heterocycles. The van der Waals surface area contributed by atoms with Crippen LogP contribution in [0, 0.1) is 0 Å². The maximum Gasteiger partial charge on any atom is 0.258 e. The fourth-order valence-corrected chi connectivity index (χ4v) is 5.13. The van der Waals surface area contributed by atoms with Crippen molar-refractivity contribution in [2.75, 3.05) is 17.2 Å². The lowest BCUT2D eigenvalue weighted by atomic mass is 9.65. The van der Waals surface area contributed by atoms with Crippen LogP contribution in [0.15, 0.2) is 65.3 Å². The minimum atomic E-state index is -0.384. The van der Waals surface area contributed by atoms with Crippen LogP contribution in [0.5, 0.6) is 5.75 Å². The van der Waals surface area contributed by atoms with Gasteiger partial charge in [0.1, 0.15) is 11.5 Å². The lowest BCUT2D eigenvalue weighted by molar-refractivity contribution is -0.123. The van der Waals surface area contributed by atoms with E-state index in [0.29, 0.717) is 23.7 Å². The maximum atomic E-state index is 12.5. The minimum Gasteiger partial charge on any atom is -0.484 e. The van der Waals surface area contributed by atoms with E-state index >= 15 is 0 Å². The van der Waals surface area contributed by atoms with Gasteiger partial charge in [-0.3, -0.25) is 9.59 Å². The van der Waals surface area contributed by atoms with Crippen LogP contribution in [-0.4, -0.2) is 24.0 Å². The molecule has 4 rings (SSSR count). The highest BCUT2D eigenvalue weighted by atomic mass is 16.5. The van der Waals surface area contributed by atoms with Gasteiger partial charge in [-0.25, -0.2) is 0 Å². The van der Waals surface area contributed by atoms with Crippen LogP contribution in [0.3, 0.4) is 0 Å². The monoisotopic (exact) mass is 461 g/mol. The largest absolute Gasteiger partial charge is 0.484 e. The zero-order chi connectivity index (χ0) is 24.5. The van der Waals surface area contributed by atoms with Crippen LogP contribution in [-0.2, 0) is 21.5 Å². The molecule has 0 bridgehead atoms. The summed E-state index contributed by atoms with van der Waals surface area (Å²) in [6.07, 6.45) is 2.29. The first-order chi connectivity index (χ1) is 16.1. The number of nitrogens with one attached hydrogen (secondary N) is 1. The molecule has 0 spiro atoms. The molecule has 3 N–H and O–H groups in total. The second kappa shape index (κ2) is 8.89. The Labute approximate surface area is 199 Å². The first kappa shape index (κ1) is 23.4. The van der Waals surface area contributed by atoms with E-state index in [1.54, 1.807) is 25.3 Å². The lowest BCUT2D eigenvalue weighted by Gasteiger charge is -2.51. The van der Waals surface area contributed by atoms with Gasteiger partial charge in [0.25, 0.3) is 5.91 Å². The average Bonchev–Trinajstić information content (AvgIpc) is 3.30. The third-order valence-electron chi connectivity index (χ3n) is 6.46. The van der Waals surface area contributed by atoms with Crippen LogP contribution in [0.25, 0.3) is 0 Å². The molecule has 2 aromatic carbocycles. The number of furan rings is 1. The second-order valence-electron chi connectivity index (χ2n) is 9.62. The van der Waals surface area contributed by atoms with Crippen molar-refractivity contribution in [1.29, 1.82) is 0 Å². The number of carbonyl (C=O) groups excluding carboxylic acids is 2. The molecular weight excluding hydrogens is 430 g/mol. The molecule has 2 heterocycles. The number of hydrogen-bond donors (Lipinski definition) is 2. The third kappa shape index (κ3) is 4.51. The fourth-order valence-electron chi connectivity index (χ4n) is 5.13. The van der Waals surface area contributed by atoms with E-state index in [2.05, 4.69) is 26.1 Å². The molecule has 1 aliphatic rings. The zero-order valence-corrected chi connectivity index (χ0v) is 20.1. The van der Waals surface area contributed by atoms with Crippen molar-refractivity contribution in [2.24, 2.45) is 0 Å². The number of nitrogen functional groups attached to an aromatic ring is 1. The Hall–Kier alpha value is -3.74. The average molecular weight is 462 g/mol. The molecule has 34 heavy (non-hydrogen) atoms. The molecule has 3 aromatic rings. The molecule has 1 atom stereocenters. The number of amides is 2. The number of rotatable bonds is 6. The van der Waals surface area contributed by atoms with Crippen molar-refractivity contribution >= 4 is 23.2 Å². The molecule has 1 aliphatic heterocycles. The molecule has 178 valence electrons. The Morgan fingerprint density at radius 1 is 1.12 bits per heavy atom. The number of fused-ring (bicyclic) bond motifs is 1. The van der Waals surface area contributed by atoms with Crippen LogP contribution < -0.4 is 20.7 Å². The Balaban J connectivity index is 1.53.